The smallest absolute Gasteiger partial charge is 0.303 e. The number of hydrogen-bond acceptors (Lipinski definition) is 4. The van der Waals surface area contributed by atoms with Crippen LogP contribution in [0.3, 0.4) is 0 Å². The van der Waals surface area contributed by atoms with Gasteiger partial charge in [-0.3, -0.25) is 19.7 Å². The molecule has 1 aromatic carbocycles. The molecule has 0 radical (unpaired) electrons. The minimum absolute atomic E-state index is 0.00784. The third-order valence-corrected chi connectivity index (χ3v) is 3.47. The van der Waals surface area contributed by atoms with Crippen molar-refractivity contribution in [2.75, 3.05) is 11.4 Å². The maximum absolute atomic E-state index is 12.1. The Kier molecular flexibility index (Phi) is 4.52. The molecule has 1 aliphatic rings. The van der Waals surface area contributed by atoms with Crippen molar-refractivity contribution in [1.29, 1.82) is 0 Å². The third-order valence-electron chi connectivity index (χ3n) is 3.47. The highest BCUT2D eigenvalue weighted by atomic mass is 16.6. The molecule has 112 valence electrons. The van der Waals surface area contributed by atoms with Gasteiger partial charge in [0.05, 0.1) is 4.92 Å². The monoisotopic (exact) mass is 292 g/mol. The van der Waals surface area contributed by atoms with Crippen molar-refractivity contribution >= 4 is 23.3 Å². The molecule has 1 aromatic rings. The van der Waals surface area contributed by atoms with Gasteiger partial charge in [-0.1, -0.05) is 0 Å². The normalized spacial score (nSPS) is 14.5. The van der Waals surface area contributed by atoms with Crippen LogP contribution in [0.4, 0.5) is 11.4 Å². The van der Waals surface area contributed by atoms with Crippen LogP contribution >= 0.6 is 0 Å². The molecule has 0 fully saturated rings. The number of nitro groups is 1. The van der Waals surface area contributed by atoms with E-state index in [0.29, 0.717) is 37.9 Å². The SMILES string of the molecule is O=C(O)CCCN1C(=O)CCCc2cc([N+](=O)[O-])ccc21. The largest absolute Gasteiger partial charge is 0.481 e. The number of amides is 1. The number of fused-ring (bicyclic) bond motifs is 1. The van der Waals surface area contributed by atoms with E-state index in [2.05, 4.69) is 0 Å². The van der Waals surface area contributed by atoms with E-state index in [1.807, 2.05) is 0 Å². The number of carbonyl (C=O) groups is 2. The number of non-ortho nitro benzene ring substituents is 1. The maximum atomic E-state index is 12.1. The van der Waals surface area contributed by atoms with Gasteiger partial charge in [0.15, 0.2) is 0 Å². The molecule has 1 N–H and O–H groups in total. The molecule has 0 aliphatic carbocycles. The molecular formula is C14H16N2O5. The molecule has 0 atom stereocenters. The summed E-state index contributed by atoms with van der Waals surface area (Å²) in [5.41, 5.74) is 1.44. The van der Waals surface area contributed by atoms with Gasteiger partial charge in [0.25, 0.3) is 5.69 Å². The summed E-state index contributed by atoms with van der Waals surface area (Å²) < 4.78 is 0. The number of nitro benzene ring substituents is 1. The zero-order chi connectivity index (χ0) is 15.4. The Hall–Kier alpha value is -2.44. The van der Waals surface area contributed by atoms with Gasteiger partial charge >= 0.3 is 5.97 Å². The standard InChI is InChI=1S/C14H16N2O5/c17-13-4-1-3-10-9-11(16(20)21)6-7-12(10)15(13)8-2-5-14(18)19/h6-7,9H,1-5,8H2,(H,18,19). The highest BCUT2D eigenvalue weighted by Gasteiger charge is 2.23. The topological polar surface area (TPSA) is 101 Å². The molecule has 0 aromatic heterocycles. The summed E-state index contributed by atoms with van der Waals surface area (Å²) in [7, 11) is 0. The highest BCUT2D eigenvalue weighted by molar-refractivity contribution is 5.95. The van der Waals surface area contributed by atoms with Crippen molar-refractivity contribution in [3.05, 3.63) is 33.9 Å². The van der Waals surface area contributed by atoms with E-state index in [4.69, 9.17) is 5.11 Å². The van der Waals surface area contributed by atoms with Crippen LogP contribution in [0.25, 0.3) is 0 Å². The van der Waals surface area contributed by atoms with Crippen LogP contribution < -0.4 is 4.90 Å². The lowest BCUT2D eigenvalue weighted by molar-refractivity contribution is -0.384. The summed E-state index contributed by atoms with van der Waals surface area (Å²) in [4.78, 5) is 34.6. The Morgan fingerprint density at radius 3 is 2.81 bits per heavy atom. The van der Waals surface area contributed by atoms with Crippen LogP contribution in [0.1, 0.15) is 31.2 Å². The summed E-state index contributed by atoms with van der Waals surface area (Å²) in [6.07, 6.45) is 1.97. The number of hydrogen-bond donors (Lipinski definition) is 1. The van der Waals surface area contributed by atoms with E-state index in [1.165, 1.54) is 12.1 Å². The van der Waals surface area contributed by atoms with E-state index >= 15 is 0 Å². The number of carbonyl (C=O) groups excluding carboxylic acids is 1. The van der Waals surface area contributed by atoms with Gasteiger partial charge in [-0.15, -0.1) is 0 Å². The number of nitrogens with zero attached hydrogens (tertiary/aromatic N) is 2. The van der Waals surface area contributed by atoms with Gasteiger partial charge in [-0.05, 0) is 30.9 Å². The molecule has 0 spiro atoms. The van der Waals surface area contributed by atoms with Gasteiger partial charge < -0.3 is 10.0 Å². The van der Waals surface area contributed by atoms with Gasteiger partial charge in [0.2, 0.25) is 5.91 Å². The van der Waals surface area contributed by atoms with Crippen LogP contribution in [-0.4, -0.2) is 28.5 Å². The quantitative estimate of drug-likeness (QED) is 0.661. The summed E-state index contributed by atoms with van der Waals surface area (Å²) in [5.74, 6) is -0.964. The van der Waals surface area contributed by atoms with Crippen molar-refractivity contribution in [2.45, 2.75) is 32.1 Å². The van der Waals surface area contributed by atoms with E-state index in [-0.39, 0.29) is 18.0 Å². The summed E-state index contributed by atoms with van der Waals surface area (Å²) >= 11 is 0. The first-order chi connectivity index (χ1) is 9.99. The van der Waals surface area contributed by atoms with Crippen molar-refractivity contribution in [3.63, 3.8) is 0 Å². The first kappa shape index (κ1) is 15.0. The fraction of sp³-hybridized carbons (Fsp3) is 0.429. The summed E-state index contributed by atoms with van der Waals surface area (Å²) in [6.45, 7) is 0.315. The Labute approximate surface area is 121 Å². The molecule has 0 bridgehead atoms. The predicted octanol–water partition coefficient (Wildman–Crippen LogP) is 2.13. The zero-order valence-electron chi connectivity index (χ0n) is 11.4. The second-order valence-corrected chi connectivity index (χ2v) is 4.97. The minimum atomic E-state index is -0.902. The molecule has 1 aliphatic heterocycles. The molecular weight excluding hydrogens is 276 g/mol. The fourth-order valence-electron chi connectivity index (χ4n) is 2.48. The average Bonchev–Trinajstić information content (AvgIpc) is 2.57. The minimum Gasteiger partial charge on any atom is -0.481 e. The summed E-state index contributed by atoms with van der Waals surface area (Å²) in [6, 6.07) is 4.46. The lowest BCUT2D eigenvalue weighted by atomic mass is 10.1. The number of aliphatic carboxylic acids is 1. The second-order valence-electron chi connectivity index (χ2n) is 4.97. The van der Waals surface area contributed by atoms with Crippen LogP contribution in [0.15, 0.2) is 18.2 Å². The Morgan fingerprint density at radius 2 is 2.14 bits per heavy atom. The first-order valence-corrected chi connectivity index (χ1v) is 6.78. The first-order valence-electron chi connectivity index (χ1n) is 6.78. The zero-order valence-corrected chi connectivity index (χ0v) is 11.4. The number of benzene rings is 1. The number of anilines is 1. The van der Waals surface area contributed by atoms with Crippen molar-refractivity contribution < 1.29 is 19.6 Å². The van der Waals surface area contributed by atoms with Gasteiger partial charge in [0, 0.05) is 37.2 Å². The van der Waals surface area contributed by atoms with Crippen LogP contribution in [0, 0.1) is 10.1 Å². The molecule has 1 heterocycles. The predicted molar refractivity (Wildman–Crippen MR) is 75.3 cm³/mol. The van der Waals surface area contributed by atoms with E-state index in [9.17, 15) is 19.7 Å². The molecule has 0 saturated carbocycles. The highest BCUT2D eigenvalue weighted by Crippen LogP contribution is 2.30. The lowest BCUT2D eigenvalue weighted by Gasteiger charge is -2.22. The Balaban J connectivity index is 2.26. The number of carboxylic acid groups (broad SMARTS) is 1. The summed E-state index contributed by atoms with van der Waals surface area (Å²) in [5, 5.41) is 19.5. The number of carboxylic acids is 1. The van der Waals surface area contributed by atoms with Crippen molar-refractivity contribution in [2.24, 2.45) is 0 Å². The molecule has 2 rings (SSSR count). The van der Waals surface area contributed by atoms with E-state index in [1.54, 1.807) is 11.0 Å². The maximum Gasteiger partial charge on any atom is 0.303 e. The molecule has 1 amide bonds. The Morgan fingerprint density at radius 1 is 1.38 bits per heavy atom. The number of aryl methyl sites for hydroxylation is 1. The second kappa shape index (κ2) is 6.34. The molecule has 21 heavy (non-hydrogen) atoms. The number of rotatable bonds is 5. The fourth-order valence-corrected chi connectivity index (χ4v) is 2.48. The van der Waals surface area contributed by atoms with Crippen LogP contribution in [0.5, 0.6) is 0 Å². The molecule has 0 unspecified atom stereocenters. The third kappa shape index (κ3) is 3.56. The molecule has 7 nitrogen and oxygen atoms in total. The van der Waals surface area contributed by atoms with E-state index in [0.717, 1.165) is 5.56 Å². The van der Waals surface area contributed by atoms with E-state index < -0.39 is 10.9 Å². The molecule has 0 saturated heterocycles. The van der Waals surface area contributed by atoms with Crippen LogP contribution in [-0.2, 0) is 16.0 Å². The lowest BCUT2D eigenvalue weighted by Crippen LogP contribution is -2.31. The van der Waals surface area contributed by atoms with Crippen molar-refractivity contribution in [3.8, 4) is 0 Å². The van der Waals surface area contributed by atoms with Gasteiger partial charge in [-0.25, -0.2) is 0 Å². The van der Waals surface area contributed by atoms with Crippen molar-refractivity contribution in [1.82, 2.24) is 0 Å². The van der Waals surface area contributed by atoms with Gasteiger partial charge in [0.1, 0.15) is 0 Å². The van der Waals surface area contributed by atoms with Crippen LogP contribution in [0.2, 0.25) is 0 Å². The Bertz CT molecular complexity index is 585. The van der Waals surface area contributed by atoms with Gasteiger partial charge in [-0.2, -0.15) is 0 Å². The molecule has 7 heteroatoms. The average molecular weight is 292 g/mol.